The van der Waals surface area contributed by atoms with Crippen molar-refractivity contribution >= 4 is 5.78 Å². The molecule has 1 atom stereocenters. The third kappa shape index (κ3) is 5.30. The summed E-state index contributed by atoms with van der Waals surface area (Å²) in [4.78, 5) is 10.7. The second kappa shape index (κ2) is 6.18. The lowest BCUT2D eigenvalue weighted by molar-refractivity contribution is -0.117. The first-order valence-corrected chi connectivity index (χ1v) is 4.68. The monoisotopic (exact) mass is 172 g/mol. The molecule has 0 saturated heterocycles. The van der Waals surface area contributed by atoms with Gasteiger partial charge in [0.15, 0.2) is 0 Å². The van der Waals surface area contributed by atoms with Crippen molar-refractivity contribution in [2.75, 3.05) is 6.61 Å². The molecule has 0 aliphatic heterocycles. The Morgan fingerprint density at radius 1 is 1.33 bits per heavy atom. The van der Waals surface area contributed by atoms with E-state index < -0.39 is 0 Å². The summed E-state index contributed by atoms with van der Waals surface area (Å²) in [5.74, 6) is 1.31. The van der Waals surface area contributed by atoms with Gasteiger partial charge in [0.2, 0.25) is 0 Å². The van der Waals surface area contributed by atoms with Crippen LogP contribution in [0.4, 0.5) is 0 Å². The highest BCUT2D eigenvalue weighted by molar-refractivity contribution is 5.75. The summed E-state index contributed by atoms with van der Waals surface area (Å²) in [5.41, 5.74) is 0. The molecule has 0 aromatic heterocycles. The van der Waals surface area contributed by atoms with Crippen LogP contribution in [0.25, 0.3) is 0 Å². The fourth-order valence-electron chi connectivity index (χ4n) is 1.37. The maximum atomic E-state index is 10.7. The number of hydrogen-bond acceptors (Lipinski definition) is 2. The van der Waals surface area contributed by atoms with E-state index in [0.717, 1.165) is 12.8 Å². The third-order valence-electron chi connectivity index (χ3n) is 2.31. The zero-order valence-electron chi connectivity index (χ0n) is 8.34. The van der Waals surface area contributed by atoms with E-state index in [-0.39, 0.29) is 12.4 Å². The molecule has 72 valence electrons. The molecule has 0 saturated carbocycles. The molecule has 2 heteroatoms. The highest BCUT2D eigenvalue weighted by Gasteiger charge is 2.12. The fraction of sp³-hybridized carbons (Fsp3) is 0.900. The summed E-state index contributed by atoms with van der Waals surface area (Å²) in [6, 6.07) is 0. The van der Waals surface area contributed by atoms with Crippen molar-refractivity contribution in [3.8, 4) is 0 Å². The Labute approximate surface area is 75.0 Å². The lowest BCUT2D eigenvalue weighted by atomic mass is 9.88. The van der Waals surface area contributed by atoms with E-state index in [0.29, 0.717) is 18.3 Å². The minimum Gasteiger partial charge on any atom is -0.396 e. The standard InChI is InChI=1S/C10H20O2/c1-8(2)10(6-7-11)5-4-9(3)12/h8,10-11H,4-7H2,1-3H3/t10-/m0/s1. The molecule has 0 heterocycles. The molecule has 0 fully saturated rings. The average Bonchev–Trinajstić information content (AvgIpc) is 1.96. The molecule has 0 aliphatic carbocycles. The summed E-state index contributed by atoms with van der Waals surface area (Å²) in [5, 5.41) is 8.77. The van der Waals surface area contributed by atoms with Crippen molar-refractivity contribution in [2.45, 2.75) is 40.0 Å². The zero-order valence-corrected chi connectivity index (χ0v) is 8.34. The molecule has 1 N–H and O–H groups in total. The topological polar surface area (TPSA) is 37.3 Å². The Morgan fingerprint density at radius 2 is 1.92 bits per heavy atom. The smallest absolute Gasteiger partial charge is 0.129 e. The summed E-state index contributed by atoms with van der Waals surface area (Å²) >= 11 is 0. The largest absolute Gasteiger partial charge is 0.396 e. The molecular weight excluding hydrogens is 152 g/mol. The van der Waals surface area contributed by atoms with Crippen LogP contribution in [0.5, 0.6) is 0 Å². The first kappa shape index (κ1) is 11.6. The van der Waals surface area contributed by atoms with Crippen LogP contribution < -0.4 is 0 Å². The maximum absolute atomic E-state index is 10.7. The summed E-state index contributed by atoms with van der Waals surface area (Å²) in [7, 11) is 0. The Morgan fingerprint density at radius 3 is 2.25 bits per heavy atom. The third-order valence-corrected chi connectivity index (χ3v) is 2.31. The van der Waals surface area contributed by atoms with E-state index in [1.807, 2.05) is 0 Å². The number of aliphatic hydroxyl groups excluding tert-OH is 1. The first-order chi connectivity index (χ1) is 5.57. The molecule has 0 bridgehead atoms. The van der Waals surface area contributed by atoms with Gasteiger partial charge in [0.1, 0.15) is 5.78 Å². The number of ketones is 1. The van der Waals surface area contributed by atoms with Crippen LogP contribution in [0.15, 0.2) is 0 Å². The van der Waals surface area contributed by atoms with Crippen LogP contribution in [0.3, 0.4) is 0 Å². The predicted octanol–water partition coefficient (Wildman–Crippen LogP) is 2.01. The summed E-state index contributed by atoms with van der Waals surface area (Å²) in [6.07, 6.45) is 2.40. The van der Waals surface area contributed by atoms with Gasteiger partial charge in [0, 0.05) is 13.0 Å². The van der Waals surface area contributed by atoms with E-state index in [1.165, 1.54) is 0 Å². The molecule has 0 aromatic rings. The molecule has 0 amide bonds. The van der Waals surface area contributed by atoms with Gasteiger partial charge in [0.05, 0.1) is 0 Å². The van der Waals surface area contributed by atoms with Gasteiger partial charge >= 0.3 is 0 Å². The van der Waals surface area contributed by atoms with Crippen LogP contribution >= 0.6 is 0 Å². The van der Waals surface area contributed by atoms with Crippen LogP contribution in [0.2, 0.25) is 0 Å². The van der Waals surface area contributed by atoms with E-state index in [9.17, 15) is 4.79 Å². The zero-order chi connectivity index (χ0) is 9.56. The van der Waals surface area contributed by atoms with E-state index >= 15 is 0 Å². The molecule has 0 spiro atoms. The van der Waals surface area contributed by atoms with Crippen molar-refractivity contribution in [3.63, 3.8) is 0 Å². The van der Waals surface area contributed by atoms with Crippen LogP contribution in [0.1, 0.15) is 40.0 Å². The van der Waals surface area contributed by atoms with E-state index in [4.69, 9.17) is 5.11 Å². The molecule has 0 unspecified atom stereocenters. The van der Waals surface area contributed by atoms with Crippen LogP contribution in [-0.2, 0) is 4.79 Å². The Balaban J connectivity index is 3.70. The average molecular weight is 172 g/mol. The number of rotatable bonds is 6. The predicted molar refractivity (Wildman–Crippen MR) is 49.9 cm³/mol. The highest BCUT2D eigenvalue weighted by atomic mass is 16.3. The minimum atomic E-state index is 0.237. The van der Waals surface area contributed by atoms with E-state index in [1.54, 1.807) is 6.92 Å². The van der Waals surface area contributed by atoms with Crippen LogP contribution in [-0.4, -0.2) is 17.5 Å². The molecular formula is C10H20O2. The second-order valence-electron chi connectivity index (χ2n) is 3.76. The summed E-state index contributed by atoms with van der Waals surface area (Å²) < 4.78 is 0. The van der Waals surface area contributed by atoms with Crippen molar-refractivity contribution in [1.82, 2.24) is 0 Å². The van der Waals surface area contributed by atoms with Gasteiger partial charge in [-0.2, -0.15) is 0 Å². The van der Waals surface area contributed by atoms with Gasteiger partial charge < -0.3 is 9.90 Å². The van der Waals surface area contributed by atoms with Gasteiger partial charge in [-0.15, -0.1) is 0 Å². The molecule has 0 radical (unpaired) electrons. The second-order valence-corrected chi connectivity index (χ2v) is 3.76. The molecule has 2 nitrogen and oxygen atoms in total. The van der Waals surface area contributed by atoms with Gasteiger partial charge in [-0.1, -0.05) is 13.8 Å². The van der Waals surface area contributed by atoms with Crippen molar-refractivity contribution < 1.29 is 9.90 Å². The highest BCUT2D eigenvalue weighted by Crippen LogP contribution is 2.20. The van der Waals surface area contributed by atoms with Crippen molar-refractivity contribution in [2.24, 2.45) is 11.8 Å². The molecule has 0 aliphatic rings. The van der Waals surface area contributed by atoms with Crippen LogP contribution in [0, 0.1) is 11.8 Å². The Hall–Kier alpha value is -0.370. The minimum absolute atomic E-state index is 0.237. The van der Waals surface area contributed by atoms with E-state index in [2.05, 4.69) is 13.8 Å². The van der Waals surface area contributed by atoms with Gasteiger partial charge in [-0.05, 0) is 31.6 Å². The number of Topliss-reactive ketones (excluding diaryl/α,β-unsaturated/α-hetero) is 1. The lowest BCUT2D eigenvalue weighted by Crippen LogP contribution is -2.12. The van der Waals surface area contributed by atoms with Gasteiger partial charge in [0.25, 0.3) is 0 Å². The molecule has 0 aromatic carbocycles. The number of carbonyl (C=O) groups is 1. The Kier molecular flexibility index (Phi) is 5.99. The number of hydrogen-bond donors (Lipinski definition) is 1. The molecule has 12 heavy (non-hydrogen) atoms. The summed E-state index contributed by atoms with van der Waals surface area (Å²) in [6.45, 7) is 6.14. The number of aliphatic hydroxyl groups is 1. The van der Waals surface area contributed by atoms with Gasteiger partial charge in [-0.25, -0.2) is 0 Å². The SMILES string of the molecule is CC(=O)CC[C@@H](CCO)C(C)C. The van der Waals surface area contributed by atoms with Crippen molar-refractivity contribution in [1.29, 1.82) is 0 Å². The lowest BCUT2D eigenvalue weighted by Gasteiger charge is -2.18. The Bertz CT molecular complexity index is 130. The number of carbonyl (C=O) groups excluding carboxylic acids is 1. The first-order valence-electron chi connectivity index (χ1n) is 4.68. The van der Waals surface area contributed by atoms with Crippen molar-refractivity contribution in [3.05, 3.63) is 0 Å². The maximum Gasteiger partial charge on any atom is 0.129 e. The normalized spacial score (nSPS) is 13.4. The van der Waals surface area contributed by atoms with Gasteiger partial charge in [-0.3, -0.25) is 0 Å². The quantitative estimate of drug-likeness (QED) is 0.665. The molecule has 0 rings (SSSR count). The fourth-order valence-corrected chi connectivity index (χ4v) is 1.37.